The fraction of sp³-hybridized carbons (Fsp3) is 1.00. The normalized spacial score (nSPS) is 25.8. The van der Waals surface area contributed by atoms with E-state index in [1.165, 1.54) is 44.6 Å². The molecule has 1 heterocycles. The monoisotopic (exact) mass is 202 g/mol. The zero-order chi connectivity index (χ0) is 9.52. The molecule has 0 bridgehead atoms. The van der Waals surface area contributed by atoms with Gasteiger partial charge in [0, 0.05) is 18.8 Å². The number of rotatable bonds is 4. The Labute approximate surface area is 86.2 Å². The maximum absolute atomic E-state index is 5.73. The third-order valence-corrected chi connectivity index (χ3v) is 3.39. The molecule has 78 valence electrons. The smallest absolute Gasteiger partial charge is 0.00724 e. The summed E-state index contributed by atoms with van der Waals surface area (Å²) in [5.74, 6) is 2.02. The summed E-state index contributed by atoms with van der Waals surface area (Å²) in [6, 6.07) is 0. The van der Waals surface area contributed by atoms with Crippen molar-refractivity contribution in [1.29, 1.82) is 0 Å². The molecule has 1 atom stereocenters. The molecule has 1 aliphatic rings. The van der Waals surface area contributed by atoms with Crippen LogP contribution in [0.2, 0.25) is 0 Å². The van der Waals surface area contributed by atoms with Crippen LogP contribution in [0.5, 0.6) is 0 Å². The van der Waals surface area contributed by atoms with Crippen LogP contribution in [0, 0.1) is 5.92 Å². The molecule has 1 saturated heterocycles. The van der Waals surface area contributed by atoms with Gasteiger partial charge in [0.05, 0.1) is 0 Å². The highest BCUT2D eigenvalue weighted by Crippen LogP contribution is 2.15. The van der Waals surface area contributed by atoms with E-state index >= 15 is 0 Å². The predicted octanol–water partition coefficient (Wildman–Crippen LogP) is 1.41. The predicted molar refractivity (Wildman–Crippen MR) is 61.2 cm³/mol. The minimum absolute atomic E-state index is 0.754. The van der Waals surface area contributed by atoms with E-state index in [1.54, 1.807) is 0 Å². The van der Waals surface area contributed by atoms with Crippen LogP contribution in [0.1, 0.15) is 19.3 Å². The van der Waals surface area contributed by atoms with Gasteiger partial charge in [-0.25, -0.2) is 0 Å². The highest BCUT2D eigenvalue weighted by atomic mass is 32.2. The lowest BCUT2D eigenvalue weighted by molar-refractivity contribution is 0.266. The van der Waals surface area contributed by atoms with Crippen LogP contribution in [0.25, 0.3) is 0 Å². The van der Waals surface area contributed by atoms with Crippen LogP contribution in [0.4, 0.5) is 0 Å². The Kier molecular flexibility index (Phi) is 5.83. The Bertz CT molecular complexity index is 130. The van der Waals surface area contributed by atoms with Crippen LogP contribution in [-0.4, -0.2) is 43.1 Å². The lowest BCUT2D eigenvalue weighted by atomic mass is 10.0. The summed E-state index contributed by atoms with van der Waals surface area (Å²) in [5.41, 5.74) is 5.73. The van der Waals surface area contributed by atoms with Gasteiger partial charge in [-0.3, -0.25) is 0 Å². The van der Waals surface area contributed by atoms with Gasteiger partial charge in [0.15, 0.2) is 0 Å². The Balaban J connectivity index is 2.26. The fourth-order valence-corrected chi connectivity index (χ4v) is 2.37. The Morgan fingerprint density at radius 1 is 1.46 bits per heavy atom. The lowest BCUT2D eigenvalue weighted by Crippen LogP contribution is -2.33. The Morgan fingerprint density at radius 2 is 2.31 bits per heavy atom. The SMILES string of the molecule is CSCCN1CCCCC(CN)C1. The van der Waals surface area contributed by atoms with Gasteiger partial charge < -0.3 is 10.6 Å². The van der Waals surface area contributed by atoms with Crippen LogP contribution in [-0.2, 0) is 0 Å². The van der Waals surface area contributed by atoms with E-state index in [2.05, 4.69) is 11.2 Å². The van der Waals surface area contributed by atoms with Crippen molar-refractivity contribution in [3.63, 3.8) is 0 Å². The summed E-state index contributed by atoms with van der Waals surface area (Å²) in [4.78, 5) is 2.58. The van der Waals surface area contributed by atoms with E-state index < -0.39 is 0 Å². The summed E-state index contributed by atoms with van der Waals surface area (Å²) in [5, 5.41) is 0. The molecule has 0 spiro atoms. The van der Waals surface area contributed by atoms with Crippen molar-refractivity contribution in [3.05, 3.63) is 0 Å². The lowest BCUT2D eigenvalue weighted by Gasteiger charge is -2.22. The van der Waals surface area contributed by atoms with Gasteiger partial charge in [-0.2, -0.15) is 11.8 Å². The van der Waals surface area contributed by atoms with Gasteiger partial charge in [-0.05, 0) is 38.1 Å². The van der Waals surface area contributed by atoms with E-state index in [1.807, 2.05) is 11.8 Å². The second-order valence-corrected chi connectivity index (χ2v) is 4.88. The van der Waals surface area contributed by atoms with Crippen molar-refractivity contribution in [3.8, 4) is 0 Å². The van der Waals surface area contributed by atoms with Crippen LogP contribution >= 0.6 is 11.8 Å². The quantitative estimate of drug-likeness (QED) is 0.747. The second kappa shape index (κ2) is 6.68. The first-order valence-electron chi connectivity index (χ1n) is 5.28. The highest BCUT2D eigenvalue weighted by molar-refractivity contribution is 7.98. The third-order valence-electron chi connectivity index (χ3n) is 2.80. The third kappa shape index (κ3) is 4.34. The average Bonchev–Trinajstić information content (AvgIpc) is 2.39. The molecular weight excluding hydrogens is 180 g/mol. The molecule has 1 aliphatic heterocycles. The van der Waals surface area contributed by atoms with Gasteiger partial charge in [0.2, 0.25) is 0 Å². The number of hydrogen-bond acceptors (Lipinski definition) is 3. The standard InChI is InChI=1S/C10H22N2S/c1-13-7-6-12-5-3-2-4-10(8-11)9-12/h10H,2-9,11H2,1H3. The first kappa shape index (κ1) is 11.3. The second-order valence-electron chi connectivity index (χ2n) is 3.89. The summed E-state index contributed by atoms with van der Waals surface area (Å²) in [6.45, 7) is 4.64. The van der Waals surface area contributed by atoms with Gasteiger partial charge in [-0.1, -0.05) is 6.42 Å². The molecule has 0 aromatic carbocycles. The van der Waals surface area contributed by atoms with E-state index in [4.69, 9.17) is 5.73 Å². The van der Waals surface area contributed by atoms with Crippen LogP contribution in [0.3, 0.4) is 0 Å². The van der Waals surface area contributed by atoms with Crippen LogP contribution < -0.4 is 5.73 Å². The maximum atomic E-state index is 5.73. The van der Waals surface area contributed by atoms with Gasteiger partial charge in [0.25, 0.3) is 0 Å². The van der Waals surface area contributed by atoms with Crippen molar-refractivity contribution in [2.24, 2.45) is 11.7 Å². The number of nitrogens with zero attached hydrogens (tertiary/aromatic N) is 1. The molecule has 1 unspecified atom stereocenters. The first-order valence-corrected chi connectivity index (χ1v) is 6.67. The number of likely N-dealkylation sites (tertiary alicyclic amines) is 1. The van der Waals surface area contributed by atoms with Crippen molar-refractivity contribution < 1.29 is 0 Å². The zero-order valence-electron chi connectivity index (χ0n) is 8.67. The number of thioether (sulfide) groups is 1. The summed E-state index contributed by atoms with van der Waals surface area (Å²) in [7, 11) is 0. The maximum Gasteiger partial charge on any atom is 0.00724 e. The molecule has 0 radical (unpaired) electrons. The highest BCUT2D eigenvalue weighted by Gasteiger charge is 2.15. The topological polar surface area (TPSA) is 29.3 Å². The molecule has 0 saturated carbocycles. The zero-order valence-corrected chi connectivity index (χ0v) is 9.48. The Morgan fingerprint density at radius 3 is 3.00 bits per heavy atom. The summed E-state index contributed by atoms with van der Waals surface area (Å²) < 4.78 is 0. The minimum atomic E-state index is 0.754. The van der Waals surface area contributed by atoms with Gasteiger partial charge in [0.1, 0.15) is 0 Å². The van der Waals surface area contributed by atoms with Crippen molar-refractivity contribution >= 4 is 11.8 Å². The molecule has 1 fully saturated rings. The molecule has 0 aromatic rings. The molecule has 2 N–H and O–H groups in total. The van der Waals surface area contributed by atoms with Gasteiger partial charge in [-0.15, -0.1) is 0 Å². The van der Waals surface area contributed by atoms with Crippen molar-refractivity contribution in [2.75, 3.05) is 38.2 Å². The number of nitrogens with two attached hydrogens (primary N) is 1. The molecule has 2 nitrogen and oxygen atoms in total. The first-order chi connectivity index (χ1) is 6.36. The van der Waals surface area contributed by atoms with E-state index in [0.717, 1.165) is 12.5 Å². The fourth-order valence-electron chi connectivity index (χ4n) is 1.93. The molecule has 3 heteroatoms. The molecule has 0 aliphatic carbocycles. The van der Waals surface area contributed by atoms with E-state index in [9.17, 15) is 0 Å². The van der Waals surface area contributed by atoms with Crippen molar-refractivity contribution in [1.82, 2.24) is 4.90 Å². The minimum Gasteiger partial charge on any atom is -0.330 e. The van der Waals surface area contributed by atoms with Crippen molar-refractivity contribution in [2.45, 2.75) is 19.3 Å². The average molecular weight is 202 g/mol. The largest absolute Gasteiger partial charge is 0.330 e. The van der Waals surface area contributed by atoms with E-state index in [-0.39, 0.29) is 0 Å². The molecule has 13 heavy (non-hydrogen) atoms. The number of hydrogen-bond donors (Lipinski definition) is 1. The summed E-state index contributed by atoms with van der Waals surface area (Å²) >= 11 is 1.94. The van der Waals surface area contributed by atoms with E-state index in [0.29, 0.717) is 0 Å². The molecule has 1 rings (SSSR count). The summed E-state index contributed by atoms with van der Waals surface area (Å²) in [6.07, 6.45) is 6.26. The van der Waals surface area contributed by atoms with Crippen LogP contribution in [0.15, 0.2) is 0 Å². The molecule has 0 amide bonds. The molecular formula is C10H22N2S. The molecule has 0 aromatic heterocycles. The van der Waals surface area contributed by atoms with Gasteiger partial charge >= 0.3 is 0 Å². The Hall–Kier alpha value is 0.270.